The third-order valence-corrected chi connectivity index (χ3v) is 4.69. The van der Waals surface area contributed by atoms with E-state index in [1.165, 1.54) is 11.3 Å². The van der Waals surface area contributed by atoms with Crippen molar-refractivity contribution >= 4 is 34.1 Å². The molecule has 1 aromatic heterocycles. The van der Waals surface area contributed by atoms with Gasteiger partial charge in [-0.2, -0.15) is 0 Å². The van der Waals surface area contributed by atoms with Crippen LogP contribution < -0.4 is 11.1 Å². The summed E-state index contributed by atoms with van der Waals surface area (Å²) in [6, 6.07) is 0. The first-order chi connectivity index (χ1) is 10.4. The molecule has 1 aromatic rings. The molecular formula is C15H20N2O4S. The van der Waals surface area contributed by atoms with Crippen molar-refractivity contribution in [2.45, 2.75) is 39.5 Å². The van der Waals surface area contributed by atoms with Gasteiger partial charge in [-0.15, -0.1) is 11.3 Å². The number of nitrogens with one attached hydrogen (secondary N) is 1. The lowest BCUT2D eigenvalue weighted by Crippen LogP contribution is -2.24. The molecule has 0 spiro atoms. The third-order valence-electron chi connectivity index (χ3n) is 3.49. The molecule has 3 N–H and O–H groups in total. The average Bonchev–Trinajstić information content (AvgIpc) is 2.82. The van der Waals surface area contributed by atoms with Crippen molar-refractivity contribution in [2.75, 3.05) is 11.9 Å². The van der Waals surface area contributed by atoms with E-state index in [1.807, 2.05) is 0 Å². The number of nitrogens with two attached hydrogens (primary N) is 1. The Kier molecular flexibility index (Phi) is 5.18. The van der Waals surface area contributed by atoms with Gasteiger partial charge in [-0.1, -0.05) is 13.8 Å². The molecule has 0 aromatic carbocycles. The normalized spacial score (nSPS) is 13.6. The Hall–Kier alpha value is -1.89. The van der Waals surface area contributed by atoms with Gasteiger partial charge in [0.1, 0.15) is 5.00 Å². The molecule has 0 bridgehead atoms. The van der Waals surface area contributed by atoms with Crippen LogP contribution in [0.5, 0.6) is 0 Å². The second kappa shape index (κ2) is 6.91. The number of carbonyl (C=O) groups excluding carboxylic acids is 3. The zero-order chi connectivity index (χ0) is 16.3. The van der Waals surface area contributed by atoms with E-state index in [4.69, 9.17) is 10.5 Å². The molecule has 120 valence electrons. The van der Waals surface area contributed by atoms with Gasteiger partial charge in [0.25, 0.3) is 11.8 Å². The van der Waals surface area contributed by atoms with Gasteiger partial charge < -0.3 is 15.8 Å². The fourth-order valence-electron chi connectivity index (χ4n) is 2.38. The summed E-state index contributed by atoms with van der Waals surface area (Å²) in [6.45, 7) is 3.02. The lowest BCUT2D eigenvalue weighted by atomic mass is 9.95. The Morgan fingerprint density at radius 2 is 1.95 bits per heavy atom. The van der Waals surface area contributed by atoms with Gasteiger partial charge in [0.2, 0.25) is 0 Å². The molecule has 7 heteroatoms. The van der Waals surface area contributed by atoms with Crippen molar-refractivity contribution < 1.29 is 19.1 Å². The van der Waals surface area contributed by atoms with Crippen LogP contribution >= 0.6 is 11.3 Å². The number of esters is 1. The minimum Gasteiger partial charge on any atom is -0.455 e. The van der Waals surface area contributed by atoms with E-state index in [-0.39, 0.29) is 12.5 Å². The molecule has 6 nitrogen and oxygen atoms in total. The predicted molar refractivity (Wildman–Crippen MR) is 83.9 cm³/mol. The van der Waals surface area contributed by atoms with Crippen LogP contribution in [0.25, 0.3) is 0 Å². The van der Waals surface area contributed by atoms with E-state index in [2.05, 4.69) is 5.32 Å². The number of hydrogen-bond acceptors (Lipinski definition) is 5. The maximum Gasteiger partial charge on any atom is 0.308 e. The van der Waals surface area contributed by atoms with Gasteiger partial charge in [-0.05, 0) is 31.2 Å². The summed E-state index contributed by atoms with van der Waals surface area (Å²) in [5.74, 6) is -1.72. The fourth-order valence-corrected chi connectivity index (χ4v) is 3.69. The second-order valence-corrected chi connectivity index (χ2v) is 6.70. The molecule has 0 atom stereocenters. The lowest BCUT2D eigenvalue weighted by Gasteiger charge is -2.11. The Morgan fingerprint density at radius 1 is 1.27 bits per heavy atom. The van der Waals surface area contributed by atoms with Crippen molar-refractivity contribution in [3.63, 3.8) is 0 Å². The highest BCUT2D eigenvalue weighted by atomic mass is 32.1. The van der Waals surface area contributed by atoms with Crippen molar-refractivity contribution in [3.8, 4) is 0 Å². The van der Waals surface area contributed by atoms with Crippen LogP contribution in [0.2, 0.25) is 0 Å². The molecule has 0 aliphatic heterocycles. The third kappa shape index (κ3) is 3.65. The van der Waals surface area contributed by atoms with E-state index < -0.39 is 17.8 Å². The van der Waals surface area contributed by atoms with E-state index in [0.717, 1.165) is 36.1 Å². The predicted octanol–water partition coefficient (Wildman–Crippen LogP) is 1.86. The van der Waals surface area contributed by atoms with Crippen LogP contribution in [0, 0.1) is 5.92 Å². The minimum atomic E-state index is -0.533. The molecule has 22 heavy (non-hydrogen) atoms. The van der Waals surface area contributed by atoms with Crippen molar-refractivity contribution in [2.24, 2.45) is 11.7 Å². The number of aryl methyl sites for hydroxylation is 1. The minimum absolute atomic E-state index is 0.289. The van der Waals surface area contributed by atoms with Crippen LogP contribution in [0.1, 0.15) is 47.5 Å². The topological polar surface area (TPSA) is 98.5 Å². The van der Waals surface area contributed by atoms with E-state index in [0.29, 0.717) is 10.6 Å². The van der Waals surface area contributed by atoms with E-state index in [9.17, 15) is 14.4 Å². The Bertz CT molecular complexity index is 607. The molecule has 1 aliphatic rings. The number of amides is 2. The quantitative estimate of drug-likeness (QED) is 0.808. The summed E-state index contributed by atoms with van der Waals surface area (Å²) in [7, 11) is 0. The van der Waals surface area contributed by atoms with Gasteiger partial charge in [0.15, 0.2) is 6.61 Å². The number of anilines is 1. The molecule has 1 heterocycles. The standard InChI is InChI=1S/C15H20N2O4S/c1-8(2)15(20)21-7-11(18)17-14-12(13(16)19)9-5-3-4-6-10(9)22-14/h8H,3-7H2,1-2H3,(H2,16,19)(H,17,18). The average molecular weight is 324 g/mol. The molecule has 0 saturated carbocycles. The number of fused-ring (bicyclic) bond motifs is 1. The first kappa shape index (κ1) is 16.5. The molecule has 2 amide bonds. The number of primary amides is 1. The zero-order valence-electron chi connectivity index (χ0n) is 12.7. The number of thiophene rings is 1. The monoisotopic (exact) mass is 324 g/mol. The zero-order valence-corrected chi connectivity index (χ0v) is 13.5. The van der Waals surface area contributed by atoms with Crippen LogP contribution in [0.3, 0.4) is 0 Å². The summed E-state index contributed by atoms with van der Waals surface area (Å²) >= 11 is 1.39. The van der Waals surface area contributed by atoms with Gasteiger partial charge in [-0.3, -0.25) is 14.4 Å². The Labute approximate surface area is 133 Å². The summed E-state index contributed by atoms with van der Waals surface area (Å²) in [6.07, 6.45) is 3.80. The highest BCUT2D eigenvalue weighted by molar-refractivity contribution is 7.17. The summed E-state index contributed by atoms with van der Waals surface area (Å²) < 4.78 is 4.88. The van der Waals surface area contributed by atoms with Gasteiger partial charge in [-0.25, -0.2) is 0 Å². The molecular weight excluding hydrogens is 304 g/mol. The van der Waals surface area contributed by atoms with Crippen LogP contribution in [-0.4, -0.2) is 24.4 Å². The molecule has 0 saturated heterocycles. The SMILES string of the molecule is CC(C)C(=O)OCC(=O)Nc1sc2c(c1C(N)=O)CCCC2. The summed E-state index contributed by atoms with van der Waals surface area (Å²) in [5.41, 5.74) is 6.81. The van der Waals surface area contributed by atoms with Crippen LogP contribution in [-0.2, 0) is 27.2 Å². The maximum atomic E-state index is 11.9. The van der Waals surface area contributed by atoms with Gasteiger partial charge >= 0.3 is 5.97 Å². The maximum absolute atomic E-state index is 11.9. The molecule has 2 rings (SSSR count). The van der Waals surface area contributed by atoms with Crippen molar-refractivity contribution in [1.82, 2.24) is 0 Å². The van der Waals surface area contributed by atoms with E-state index in [1.54, 1.807) is 13.8 Å². The summed E-state index contributed by atoms with van der Waals surface area (Å²) in [4.78, 5) is 36.0. The Morgan fingerprint density at radius 3 is 2.59 bits per heavy atom. The van der Waals surface area contributed by atoms with Crippen molar-refractivity contribution in [1.29, 1.82) is 0 Å². The lowest BCUT2D eigenvalue weighted by molar-refractivity contribution is -0.150. The first-order valence-electron chi connectivity index (χ1n) is 7.31. The van der Waals surface area contributed by atoms with Crippen LogP contribution in [0.15, 0.2) is 0 Å². The van der Waals surface area contributed by atoms with Crippen molar-refractivity contribution in [3.05, 3.63) is 16.0 Å². The van der Waals surface area contributed by atoms with Gasteiger partial charge in [0.05, 0.1) is 11.5 Å². The number of hydrogen-bond donors (Lipinski definition) is 2. The Balaban J connectivity index is 2.09. The number of carbonyl (C=O) groups is 3. The summed E-state index contributed by atoms with van der Waals surface area (Å²) in [5, 5.41) is 3.11. The first-order valence-corrected chi connectivity index (χ1v) is 8.12. The molecule has 1 aliphatic carbocycles. The highest BCUT2D eigenvalue weighted by Crippen LogP contribution is 2.37. The van der Waals surface area contributed by atoms with Gasteiger partial charge in [0, 0.05) is 4.88 Å². The van der Waals surface area contributed by atoms with Crippen LogP contribution in [0.4, 0.5) is 5.00 Å². The molecule has 0 radical (unpaired) electrons. The second-order valence-electron chi connectivity index (χ2n) is 5.59. The molecule has 0 unspecified atom stereocenters. The highest BCUT2D eigenvalue weighted by Gasteiger charge is 2.25. The fraction of sp³-hybridized carbons (Fsp3) is 0.533. The van der Waals surface area contributed by atoms with E-state index >= 15 is 0 Å². The largest absolute Gasteiger partial charge is 0.455 e. The number of rotatable bonds is 5. The molecule has 0 fully saturated rings. The number of ether oxygens (including phenoxy) is 1. The smallest absolute Gasteiger partial charge is 0.308 e.